The minimum absolute atomic E-state index is 0.205. The van der Waals surface area contributed by atoms with Crippen LogP contribution < -0.4 is 10.1 Å². The maximum Gasteiger partial charge on any atom is 0.119 e. The van der Waals surface area contributed by atoms with Gasteiger partial charge in [-0.25, -0.2) is 0 Å². The Balaban J connectivity index is 1.62. The summed E-state index contributed by atoms with van der Waals surface area (Å²) in [5, 5.41) is 5.07. The fourth-order valence-corrected chi connectivity index (χ4v) is 4.07. The topological polar surface area (TPSA) is 40.3 Å². The van der Waals surface area contributed by atoms with Crippen molar-refractivity contribution in [2.45, 2.75) is 26.3 Å². The number of benzene rings is 2. The van der Waals surface area contributed by atoms with Gasteiger partial charge in [-0.3, -0.25) is 0 Å². The summed E-state index contributed by atoms with van der Waals surface area (Å²) >= 11 is 0. The number of nitrogens with zero attached hydrogens (tertiary/aromatic N) is 1. The van der Waals surface area contributed by atoms with Gasteiger partial charge < -0.3 is 19.9 Å². The molecule has 2 aromatic carbocycles. The molecular formula is C23H29N3O. The average molecular weight is 364 g/mol. The number of nitrogens with one attached hydrogen (secondary N) is 2. The van der Waals surface area contributed by atoms with E-state index >= 15 is 0 Å². The third kappa shape index (κ3) is 3.60. The highest BCUT2D eigenvalue weighted by molar-refractivity contribution is 5.88. The quantitative estimate of drug-likeness (QED) is 0.721. The third-order valence-corrected chi connectivity index (χ3v) is 5.42. The smallest absolute Gasteiger partial charge is 0.119 e. The molecule has 0 amide bonds. The van der Waals surface area contributed by atoms with Crippen LogP contribution in [0.5, 0.6) is 5.75 Å². The highest BCUT2D eigenvalue weighted by Crippen LogP contribution is 2.35. The van der Waals surface area contributed by atoms with Crippen LogP contribution in [0.3, 0.4) is 0 Å². The molecule has 142 valence electrons. The van der Waals surface area contributed by atoms with E-state index in [1.165, 1.54) is 38.9 Å². The first-order valence-corrected chi connectivity index (χ1v) is 9.75. The monoisotopic (exact) mass is 363 g/mol. The van der Waals surface area contributed by atoms with Crippen molar-refractivity contribution in [2.75, 3.05) is 33.8 Å². The van der Waals surface area contributed by atoms with Crippen molar-refractivity contribution < 1.29 is 4.74 Å². The third-order valence-electron chi connectivity index (χ3n) is 5.42. The second-order valence-electron chi connectivity index (χ2n) is 7.88. The lowest BCUT2D eigenvalue weighted by Gasteiger charge is -2.25. The van der Waals surface area contributed by atoms with Crippen LogP contribution in [-0.4, -0.2) is 43.7 Å². The summed E-state index contributed by atoms with van der Waals surface area (Å²) in [6.07, 6.45) is 1.07. The van der Waals surface area contributed by atoms with E-state index in [0.29, 0.717) is 6.61 Å². The zero-order valence-electron chi connectivity index (χ0n) is 16.7. The minimum atomic E-state index is 0.205. The highest BCUT2D eigenvalue weighted by atomic mass is 16.5. The zero-order valence-corrected chi connectivity index (χ0v) is 16.7. The summed E-state index contributed by atoms with van der Waals surface area (Å²) in [4.78, 5) is 5.85. The molecule has 1 atom stereocenters. The van der Waals surface area contributed by atoms with Gasteiger partial charge >= 0.3 is 0 Å². The summed E-state index contributed by atoms with van der Waals surface area (Å²) in [5.41, 5.74) is 7.98. The molecule has 1 aliphatic heterocycles. The molecule has 2 heterocycles. The SMILES string of the molecule is Cc1cc(C)c2[nH]c3c(c2c1)CCNC3c1ccc(OCCN(C)C)cc1. The fraction of sp³-hybridized carbons (Fsp3) is 0.391. The normalized spacial score (nSPS) is 16.7. The molecule has 4 heteroatoms. The van der Waals surface area contributed by atoms with E-state index in [2.05, 4.69) is 79.5 Å². The first-order valence-electron chi connectivity index (χ1n) is 9.75. The van der Waals surface area contributed by atoms with Gasteiger partial charge in [0.15, 0.2) is 0 Å². The fourth-order valence-electron chi connectivity index (χ4n) is 4.07. The van der Waals surface area contributed by atoms with Gasteiger partial charge in [-0.2, -0.15) is 0 Å². The van der Waals surface area contributed by atoms with Gasteiger partial charge in [0.05, 0.1) is 6.04 Å². The Morgan fingerprint density at radius 3 is 2.63 bits per heavy atom. The van der Waals surface area contributed by atoms with Crippen molar-refractivity contribution in [1.82, 2.24) is 15.2 Å². The molecule has 0 bridgehead atoms. The molecule has 0 saturated carbocycles. The standard InChI is InChI=1S/C23H29N3O/c1-15-13-16(2)21-20(14-15)19-9-10-24-22(23(19)25-21)17-5-7-18(8-6-17)27-12-11-26(3)4/h5-8,13-14,22,24-25H,9-12H2,1-4H3. The van der Waals surface area contributed by atoms with Gasteiger partial charge in [0.25, 0.3) is 0 Å². The number of fused-ring (bicyclic) bond motifs is 3. The van der Waals surface area contributed by atoms with Crippen LogP contribution in [0.4, 0.5) is 0 Å². The van der Waals surface area contributed by atoms with Crippen LogP contribution in [0.2, 0.25) is 0 Å². The molecular weight excluding hydrogens is 334 g/mol. The Labute approximate surface area is 161 Å². The summed E-state index contributed by atoms with van der Waals surface area (Å²) in [6, 6.07) is 13.3. The van der Waals surface area contributed by atoms with Crippen molar-refractivity contribution in [3.8, 4) is 5.75 Å². The zero-order chi connectivity index (χ0) is 19.0. The largest absolute Gasteiger partial charge is 0.492 e. The van der Waals surface area contributed by atoms with E-state index in [4.69, 9.17) is 4.74 Å². The molecule has 4 rings (SSSR count). The molecule has 2 N–H and O–H groups in total. The van der Waals surface area contributed by atoms with Gasteiger partial charge in [0, 0.05) is 29.7 Å². The van der Waals surface area contributed by atoms with Gasteiger partial charge in [0.1, 0.15) is 12.4 Å². The van der Waals surface area contributed by atoms with Crippen molar-refractivity contribution in [3.05, 3.63) is 64.3 Å². The van der Waals surface area contributed by atoms with E-state index in [1.54, 1.807) is 0 Å². The van der Waals surface area contributed by atoms with E-state index in [-0.39, 0.29) is 6.04 Å². The Kier molecular flexibility index (Phi) is 4.94. The van der Waals surface area contributed by atoms with Crippen LogP contribution in [-0.2, 0) is 6.42 Å². The number of aromatic amines is 1. The number of hydrogen-bond donors (Lipinski definition) is 2. The number of hydrogen-bond acceptors (Lipinski definition) is 3. The maximum absolute atomic E-state index is 5.84. The van der Waals surface area contributed by atoms with E-state index in [0.717, 1.165) is 25.3 Å². The summed E-state index contributed by atoms with van der Waals surface area (Å²) in [6.45, 7) is 7.00. The number of H-pyrrole nitrogens is 1. The Bertz CT molecular complexity index is 940. The highest BCUT2D eigenvalue weighted by Gasteiger charge is 2.25. The molecule has 3 aromatic rings. The van der Waals surface area contributed by atoms with Crippen molar-refractivity contribution in [2.24, 2.45) is 0 Å². The molecule has 0 radical (unpaired) electrons. The Morgan fingerprint density at radius 2 is 1.89 bits per heavy atom. The predicted octanol–water partition coefficient (Wildman–Crippen LogP) is 3.96. The molecule has 0 saturated heterocycles. The van der Waals surface area contributed by atoms with Crippen molar-refractivity contribution >= 4 is 10.9 Å². The first kappa shape index (κ1) is 18.1. The molecule has 0 fully saturated rings. The summed E-state index contributed by atoms with van der Waals surface area (Å²) in [7, 11) is 4.12. The van der Waals surface area contributed by atoms with Crippen LogP contribution in [0, 0.1) is 13.8 Å². The average Bonchev–Trinajstić information content (AvgIpc) is 3.01. The number of aryl methyl sites for hydroxylation is 2. The van der Waals surface area contributed by atoms with Gasteiger partial charge in [-0.1, -0.05) is 23.8 Å². The summed E-state index contributed by atoms with van der Waals surface area (Å²) < 4.78 is 5.84. The van der Waals surface area contributed by atoms with E-state index < -0.39 is 0 Å². The number of likely N-dealkylation sites (N-methyl/N-ethyl adjacent to an activating group) is 1. The van der Waals surface area contributed by atoms with Crippen LogP contribution in [0.25, 0.3) is 10.9 Å². The van der Waals surface area contributed by atoms with Gasteiger partial charge in [0.2, 0.25) is 0 Å². The lowest BCUT2D eigenvalue weighted by molar-refractivity contribution is 0.261. The first-order chi connectivity index (χ1) is 13.0. The Hall–Kier alpha value is -2.30. The summed E-state index contributed by atoms with van der Waals surface area (Å²) in [5.74, 6) is 0.930. The lowest BCUT2D eigenvalue weighted by Crippen LogP contribution is -2.30. The number of aromatic nitrogens is 1. The van der Waals surface area contributed by atoms with Gasteiger partial charge in [-0.05, 0) is 69.3 Å². The second kappa shape index (κ2) is 7.37. The van der Waals surface area contributed by atoms with Crippen LogP contribution in [0.1, 0.15) is 34.0 Å². The van der Waals surface area contributed by atoms with Crippen molar-refractivity contribution in [3.63, 3.8) is 0 Å². The molecule has 0 aliphatic carbocycles. The van der Waals surface area contributed by atoms with Crippen LogP contribution in [0.15, 0.2) is 36.4 Å². The molecule has 27 heavy (non-hydrogen) atoms. The predicted molar refractivity (Wildman–Crippen MR) is 112 cm³/mol. The molecule has 1 aliphatic rings. The molecule has 0 spiro atoms. The Morgan fingerprint density at radius 1 is 1.11 bits per heavy atom. The molecule has 1 unspecified atom stereocenters. The lowest BCUT2D eigenvalue weighted by atomic mass is 9.93. The number of rotatable bonds is 5. The van der Waals surface area contributed by atoms with Gasteiger partial charge in [-0.15, -0.1) is 0 Å². The van der Waals surface area contributed by atoms with E-state index in [9.17, 15) is 0 Å². The number of ether oxygens (including phenoxy) is 1. The minimum Gasteiger partial charge on any atom is -0.492 e. The second-order valence-corrected chi connectivity index (χ2v) is 7.88. The molecule has 1 aromatic heterocycles. The van der Waals surface area contributed by atoms with E-state index in [1.807, 2.05) is 0 Å². The maximum atomic E-state index is 5.84. The van der Waals surface area contributed by atoms with Crippen molar-refractivity contribution in [1.29, 1.82) is 0 Å². The van der Waals surface area contributed by atoms with Crippen LogP contribution >= 0.6 is 0 Å². The molecule has 4 nitrogen and oxygen atoms in total.